The summed E-state index contributed by atoms with van der Waals surface area (Å²) < 4.78 is 86.9. The first kappa shape index (κ1) is 56.0. The van der Waals surface area contributed by atoms with Gasteiger partial charge < -0.3 is 24.4 Å². The molecule has 4 aromatic rings. The number of amidine groups is 1. The molecule has 2 aliphatic heterocycles. The van der Waals surface area contributed by atoms with Gasteiger partial charge in [-0.15, -0.1) is 54.9 Å². The van der Waals surface area contributed by atoms with E-state index in [-0.39, 0.29) is 70.1 Å². The highest BCUT2D eigenvalue weighted by atomic mass is 32.2. The van der Waals surface area contributed by atoms with Crippen LogP contribution in [0.25, 0.3) is 0 Å². The number of nitrogens with zero attached hydrogens (tertiary/aromatic N) is 10. The SMILES string of the molecule is CCCC(c1cc(NC2=NC3=Nc4cc(c(OC)cc4N=Nc4sc(C=O)c(S(=O)(=O)O)c4C#N)N(CC)COCCSC(=N2)CC3CC)c(N=Nc2sc(C=O)c(S(=O)(=O)O)c2C#N)cc1OC)C(C)CC. The zero-order valence-electron chi connectivity index (χ0n) is 40.6. The largest absolute Gasteiger partial charge is 0.496 e. The Balaban J connectivity index is 1.62. The lowest BCUT2D eigenvalue weighted by atomic mass is 9.81. The molecule has 4 heterocycles. The Hall–Kier alpha value is -6.30. The number of rotatable bonds is 18. The fourth-order valence-corrected chi connectivity index (χ4v) is 12.9. The normalized spacial score (nSPS) is 16.4. The highest BCUT2D eigenvalue weighted by molar-refractivity contribution is 8.14. The standard InChI is InChI=1S/C46H51N11O11S5/c1-8-12-27(25(5)9-2)28-16-31(33(18-36(28)66-6)53-55-44-29(20-47)41(72(60,61)62)38(22-58)70-44)50-46-51-40-15-26(10-3)43(52-46)49-32-17-35(57(11-4)24-68-13-14-69-40)37(67-7)19-34(32)54-56-45-30(21-48)42(73(63,64)65)39(23-59)71-45/h16-19,22-23,25-27H,8-15,24H2,1-7H3,(H,49,50,52)(H,60,61,62)(H,63,64,65). The minimum atomic E-state index is -5.01. The van der Waals surface area contributed by atoms with Crippen LogP contribution in [0.15, 0.2) is 69.5 Å². The zero-order valence-corrected chi connectivity index (χ0v) is 44.7. The van der Waals surface area contributed by atoms with Crippen LogP contribution in [-0.4, -0.2) is 95.2 Å². The summed E-state index contributed by atoms with van der Waals surface area (Å²) in [5, 5.41) is 40.8. The third kappa shape index (κ3) is 12.7. The number of carbonyl (C=O) groups is 2. The van der Waals surface area contributed by atoms with Gasteiger partial charge >= 0.3 is 0 Å². The maximum Gasteiger partial charge on any atom is 0.297 e. The Morgan fingerprint density at radius 2 is 1.48 bits per heavy atom. The molecule has 3 unspecified atom stereocenters. The van der Waals surface area contributed by atoms with E-state index in [9.17, 15) is 46.1 Å². The van der Waals surface area contributed by atoms with E-state index in [0.717, 1.165) is 24.8 Å². The smallest absolute Gasteiger partial charge is 0.297 e. The number of azo groups is 2. The molecule has 0 saturated heterocycles. The van der Waals surface area contributed by atoms with Gasteiger partial charge in [-0.3, -0.25) is 18.7 Å². The lowest BCUT2D eigenvalue weighted by molar-refractivity contribution is 0.111. The first-order valence-corrected chi connectivity index (χ1v) is 28.2. The molecule has 0 amide bonds. The number of thioether (sulfide) groups is 1. The van der Waals surface area contributed by atoms with E-state index in [2.05, 4.69) is 46.5 Å². The lowest BCUT2D eigenvalue weighted by Crippen LogP contribution is -2.27. The number of fused-ring (bicyclic) bond motifs is 5. The van der Waals surface area contributed by atoms with Crippen LogP contribution in [0.1, 0.15) is 109 Å². The number of methoxy groups -OCH3 is 2. The predicted molar refractivity (Wildman–Crippen MR) is 280 cm³/mol. The Morgan fingerprint density at radius 1 is 0.877 bits per heavy atom. The topological polar surface area (TPSA) is 320 Å². The fourth-order valence-electron chi connectivity index (χ4n) is 8.00. The van der Waals surface area contributed by atoms with Crippen LogP contribution >= 0.6 is 34.4 Å². The minimum absolute atomic E-state index is 0.0100. The monoisotopic (exact) mass is 1090 g/mol. The molecule has 0 saturated carbocycles. The molecule has 3 N–H and O–H groups in total. The zero-order chi connectivity index (χ0) is 53.2. The first-order chi connectivity index (χ1) is 34.9. The van der Waals surface area contributed by atoms with E-state index < -0.39 is 50.9 Å². The third-order valence-electron chi connectivity index (χ3n) is 11.8. The number of ether oxygens (including phenoxy) is 3. The number of carbonyl (C=O) groups excluding carboxylic acids is 2. The first-order valence-electron chi connectivity index (χ1n) is 22.7. The fraction of sp³-hybridized carbons (Fsp3) is 0.413. The highest BCUT2D eigenvalue weighted by Crippen LogP contribution is 2.46. The van der Waals surface area contributed by atoms with Crippen molar-refractivity contribution in [1.82, 2.24) is 0 Å². The number of thiophene rings is 2. The van der Waals surface area contributed by atoms with Crippen LogP contribution < -0.4 is 19.7 Å². The lowest BCUT2D eigenvalue weighted by Gasteiger charge is -2.26. The molecular formula is C46H51N11O11S5. The van der Waals surface area contributed by atoms with Crippen LogP contribution in [0.2, 0.25) is 0 Å². The van der Waals surface area contributed by atoms with Gasteiger partial charge in [-0.2, -0.15) is 32.4 Å². The van der Waals surface area contributed by atoms with Crippen LogP contribution in [-0.2, 0) is 25.0 Å². The van der Waals surface area contributed by atoms with Crippen LogP contribution in [0.4, 0.5) is 38.4 Å². The van der Waals surface area contributed by atoms with Crippen LogP contribution in [0.3, 0.4) is 0 Å². The van der Waals surface area contributed by atoms with Gasteiger partial charge in [0.25, 0.3) is 20.2 Å². The van der Waals surface area contributed by atoms with Crippen molar-refractivity contribution in [3.8, 4) is 23.6 Å². The average molecular weight is 1090 g/mol. The summed E-state index contributed by atoms with van der Waals surface area (Å²) in [6, 6.07) is 10.2. The van der Waals surface area contributed by atoms with Crippen molar-refractivity contribution < 1.29 is 49.7 Å². The number of anilines is 2. The number of hydrogen-bond donors (Lipinski definition) is 3. The van der Waals surface area contributed by atoms with Gasteiger partial charge in [-0.05, 0) is 49.3 Å². The minimum Gasteiger partial charge on any atom is -0.496 e. The molecule has 0 fully saturated rings. The Kier molecular flexibility index (Phi) is 18.9. The predicted octanol–water partition coefficient (Wildman–Crippen LogP) is 11.3. The summed E-state index contributed by atoms with van der Waals surface area (Å²) in [5.41, 5.74) is 1.04. The number of nitriles is 2. The van der Waals surface area contributed by atoms with Gasteiger partial charge in [-0.1, -0.05) is 40.5 Å². The summed E-state index contributed by atoms with van der Waals surface area (Å²) in [5.74, 6) is 1.57. The molecule has 6 rings (SSSR count). The van der Waals surface area contributed by atoms with Crippen molar-refractivity contribution >= 4 is 123 Å². The van der Waals surface area contributed by atoms with Gasteiger partial charge in [0.05, 0.1) is 52.7 Å². The molecule has 2 aromatic heterocycles. The highest BCUT2D eigenvalue weighted by Gasteiger charge is 2.31. The van der Waals surface area contributed by atoms with Crippen LogP contribution in [0.5, 0.6) is 11.5 Å². The second-order valence-corrected chi connectivity index (χ2v) is 22.2. The second kappa shape index (κ2) is 24.6. The van der Waals surface area contributed by atoms with Crippen molar-refractivity contribution in [2.75, 3.05) is 50.1 Å². The van der Waals surface area contributed by atoms with Crippen molar-refractivity contribution in [3.63, 3.8) is 0 Å². The second-order valence-electron chi connectivity index (χ2n) is 16.3. The van der Waals surface area contributed by atoms with Crippen molar-refractivity contribution in [1.29, 1.82) is 10.5 Å². The molecule has 73 heavy (non-hydrogen) atoms. The van der Waals surface area contributed by atoms with Crippen molar-refractivity contribution in [2.45, 2.75) is 82.4 Å². The number of aliphatic imine (C=N–C) groups is 3. The van der Waals surface area contributed by atoms with Crippen molar-refractivity contribution in [2.24, 2.45) is 47.3 Å². The summed E-state index contributed by atoms with van der Waals surface area (Å²) >= 11 is 2.58. The van der Waals surface area contributed by atoms with E-state index in [0.29, 0.717) is 88.2 Å². The molecule has 3 atom stereocenters. The number of hydrogen-bond acceptors (Lipinski definition) is 23. The van der Waals surface area contributed by atoms with E-state index in [1.165, 1.54) is 26.0 Å². The van der Waals surface area contributed by atoms with E-state index in [1.807, 2.05) is 24.8 Å². The summed E-state index contributed by atoms with van der Waals surface area (Å²) in [6.07, 6.45) is 3.84. The molecule has 386 valence electrons. The molecule has 4 bridgehead atoms. The van der Waals surface area contributed by atoms with E-state index >= 15 is 0 Å². The third-order valence-corrected chi connectivity index (χ3v) is 16.9. The summed E-state index contributed by atoms with van der Waals surface area (Å²) in [6.45, 7) is 11.2. The Labute approximate surface area is 434 Å². The van der Waals surface area contributed by atoms with E-state index in [4.69, 9.17) is 29.2 Å². The van der Waals surface area contributed by atoms with Gasteiger partial charge in [0, 0.05) is 36.8 Å². The molecule has 22 nitrogen and oxygen atoms in total. The van der Waals surface area contributed by atoms with Crippen molar-refractivity contribution in [3.05, 3.63) is 50.7 Å². The number of nitrogens with one attached hydrogen (secondary N) is 1. The molecule has 2 aromatic carbocycles. The Bertz CT molecular complexity index is 3240. The summed E-state index contributed by atoms with van der Waals surface area (Å²) in [7, 11) is -7.03. The maximum absolute atomic E-state index is 12.3. The molecule has 2 aliphatic rings. The summed E-state index contributed by atoms with van der Waals surface area (Å²) in [4.78, 5) is 38.3. The molecule has 27 heteroatoms. The number of benzene rings is 2. The molecule has 0 aliphatic carbocycles. The van der Waals surface area contributed by atoms with Gasteiger partial charge in [0.15, 0.2) is 22.6 Å². The molecule has 0 radical (unpaired) electrons. The van der Waals surface area contributed by atoms with Crippen LogP contribution in [0, 0.1) is 34.5 Å². The van der Waals surface area contributed by atoms with Gasteiger partial charge in [0.1, 0.15) is 68.5 Å². The number of guanidine groups is 1. The quantitative estimate of drug-likeness (QED) is 0.0473. The Morgan fingerprint density at radius 3 is 2.00 bits per heavy atom. The molecule has 0 spiro atoms. The van der Waals surface area contributed by atoms with E-state index in [1.54, 1.807) is 30.3 Å². The van der Waals surface area contributed by atoms with Gasteiger partial charge in [-0.25, -0.2) is 9.98 Å². The molecular weight excluding hydrogens is 1040 g/mol. The number of aldehydes is 2. The maximum atomic E-state index is 12.3. The average Bonchev–Trinajstić information content (AvgIpc) is 3.89. The van der Waals surface area contributed by atoms with Gasteiger partial charge in [0.2, 0.25) is 5.96 Å².